The monoisotopic (exact) mass is 1060 g/mol. The standard InChI is InChI=1S/C64H123N2O7P/c1-7-10-13-16-19-22-25-27-29-30-31-32-33-34-35-36-37-38-41-44-47-50-53-56-63(67)65-61(60-72-74(69,70)71-59-58-66(4,5)6)62(55-52-49-46-43-40-24-21-18-15-12-9-3)73-64(68)57-54-51-48-45-42-39-28-26-23-20-17-14-11-8-2/h19,22,27,29,52,55,61-62H,7-18,20-21,23-26,28,30-51,53-54,56-60H2,1-6H3,(H-,65,67,69,70)/b22-19-,29-27-,55-52-. The number of ether oxygens (including phenoxy) is 1. The Hall–Kier alpha value is -1.77. The molecule has 0 aliphatic carbocycles. The highest BCUT2D eigenvalue weighted by Crippen LogP contribution is 2.38. The van der Waals surface area contributed by atoms with Crippen LogP contribution in [0.15, 0.2) is 36.5 Å². The van der Waals surface area contributed by atoms with Gasteiger partial charge in [0.05, 0.1) is 33.8 Å². The predicted octanol–water partition coefficient (Wildman–Crippen LogP) is 18.9. The molecule has 0 fully saturated rings. The summed E-state index contributed by atoms with van der Waals surface area (Å²) in [4.78, 5) is 39.9. The lowest BCUT2D eigenvalue weighted by Gasteiger charge is -2.30. The third kappa shape index (κ3) is 55.0. The van der Waals surface area contributed by atoms with Gasteiger partial charge in [0.1, 0.15) is 19.3 Å². The number of carbonyl (C=O) groups excluding carboxylic acids is 2. The molecule has 1 amide bonds. The van der Waals surface area contributed by atoms with E-state index >= 15 is 0 Å². The molecule has 74 heavy (non-hydrogen) atoms. The summed E-state index contributed by atoms with van der Waals surface area (Å²) in [6, 6.07) is -0.883. The van der Waals surface area contributed by atoms with E-state index in [1.54, 1.807) is 0 Å². The molecule has 0 bridgehead atoms. The van der Waals surface area contributed by atoms with Crippen molar-refractivity contribution in [3.8, 4) is 0 Å². The van der Waals surface area contributed by atoms with Crippen molar-refractivity contribution in [2.75, 3.05) is 40.9 Å². The summed E-state index contributed by atoms with van der Waals surface area (Å²) in [7, 11) is 1.20. The van der Waals surface area contributed by atoms with Gasteiger partial charge in [-0.25, -0.2) is 0 Å². The number of nitrogens with one attached hydrogen (secondary N) is 1. The van der Waals surface area contributed by atoms with Crippen LogP contribution in [0.25, 0.3) is 0 Å². The molecule has 3 unspecified atom stereocenters. The van der Waals surface area contributed by atoms with E-state index in [4.69, 9.17) is 13.8 Å². The number of hydrogen-bond donors (Lipinski definition) is 1. The largest absolute Gasteiger partial charge is 0.756 e. The lowest BCUT2D eigenvalue weighted by molar-refractivity contribution is -0.870. The van der Waals surface area contributed by atoms with Crippen molar-refractivity contribution in [2.24, 2.45) is 0 Å². The molecule has 1 N–H and O–H groups in total. The lowest BCUT2D eigenvalue weighted by Crippen LogP contribution is -2.47. The van der Waals surface area contributed by atoms with Gasteiger partial charge in [-0.15, -0.1) is 0 Å². The van der Waals surface area contributed by atoms with Crippen LogP contribution < -0.4 is 10.2 Å². The average Bonchev–Trinajstić information content (AvgIpc) is 3.36. The summed E-state index contributed by atoms with van der Waals surface area (Å²) >= 11 is 0. The predicted molar refractivity (Wildman–Crippen MR) is 316 cm³/mol. The number of likely N-dealkylation sites (N-methyl/N-ethyl adjacent to an activating group) is 1. The van der Waals surface area contributed by atoms with Crippen LogP contribution in [0.4, 0.5) is 0 Å². The molecule has 0 aromatic rings. The zero-order valence-corrected chi connectivity index (χ0v) is 50.7. The van der Waals surface area contributed by atoms with Crippen molar-refractivity contribution in [1.29, 1.82) is 0 Å². The molecule has 10 heteroatoms. The van der Waals surface area contributed by atoms with Crippen molar-refractivity contribution >= 4 is 19.7 Å². The molecule has 9 nitrogen and oxygen atoms in total. The van der Waals surface area contributed by atoms with Gasteiger partial charge in [0.2, 0.25) is 5.91 Å². The fraction of sp³-hybridized carbons (Fsp3) is 0.875. The number of nitrogens with zero attached hydrogens (tertiary/aromatic N) is 1. The van der Waals surface area contributed by atoms with Crippen LogP contribution in [-0.4, -0.2) is 69.4 Å². The molecule has 0 spiro atoms. The van der Waals surface area contributed by atoms with Gasteiger partial charge in [0, 0.05) is 12.8 Å². The summed E-state index contributed by atoms with van der Waals surface area (Å²) in [6.07, 6.45) is 65.4. The van der Waals surface area contributed by atoms with Crippen LogP contribution in [0, 0.1) is 0 Å². The smallest absolute Gasteiger partial charge is 0.306 e. The van der Waals surface area contributed by atoms with E-state index in [2.05, 4.69) is 50.4 Å². The lowest BCUT2D eigenvalue weighted by atomic mass is 10.0. The van der Waals surface area contributed by atoms with Crippen molar-refractivity contribution in [1.82, 2.24) is 5.32 Å². The van der Waals surface area contributed by atoms with Crippen LogP contribution in [0.3, 0.4) is 0 Å². The summed E-state index contributed by atoms with van der Waals surface area (Å²) < 4.78 is 30.3. The fourth-order valence-electron chi connectivity index (χ4n) is 9.38. The fourth-order valence-corrected chi connectivity index (χ4v) is 10.1. The quantitative estimate of drug-likeness (QED) is 0.0212. The zero-order chi connectivity index (χ0) is 54.3. The minimum atomic E-state index is -4.69. The third-order valence-corrected chi connectivity index (χ3v) is 15.3. The van der Waals surface area contributed by atoms with Crippen LogP contribution >= 0.6 is 7.82 Å². The van der Waals surface area contributed by atoms with E-state index in [9.17, 15) is 19.0 Å². The van der Waals surface area contributed by atoms with Gasteiger partial charge in [-0.3, -0.25) is 14.2 Å². The minimum absolute atomic E-state index is 0.0198. The first-order valence-electron chi connectivity index (χ1n) is 31.8. The van der Waals surface area contributed by atoms with E-state index in [1.165, 1.54) is 212 Å². The second kappa shape index (κ2) is 54.6. The Bertz CT molecular complexity index is 1360. The third-order valence-electron chi connectivity index (χ3n) is 14.3. The van der Waals surface area contributed by atoms with Gasteiger partial charge in [0.15, 0.2) is 0 Å². The highest BCUT2D eigenvalue weighted by molar-refractivity contribution is 7.45. The molecule has 0 aromatic heterocycles. The van der Waals surface area contributed by atoms with E-state index < -0.39 is 20.0 Å². The Labute approximate surface area is 459 Å². The second-order valence-electron chi connectivity index (χ2n) is 22.9. The maximum absolute atomic E-state index is 13.5. The number of rotatable bonds is 58. The van der Waals surface area contributed by atoms with Crippen LogP contribution in [-0.2, 0) is 27.9 Å². The summed E-state index contributed by atoms with van der Waals surface area (Å²) in [5.41, 5.74) is 0. The van der Waals surface area contributed by atoms with Gasteiger partial charge in [-0.1, -0.05) is 269 Å². The van der Waals surface area contributed by atoms with Crippen LogP contribution in [0.5, 0.6) is 0 Å². The van der Waals surface area contributed by atoms with Crippen molar-refractivity contribution < 1.29 is 37.3 Å². The molecule has 0 saturated carbocycles. The molecule has 3 atom stereocenters. The first kappa shape index (κ1) is 72.2. The van der Waals surface area contributed by atoms with Crippen molar-refractivity contribution in [2.45, 2.75) is 322 Å². The normalized spacial score (nSPS) is 13.9. The Morgan fingerprint density at radius 3 is 1.24 bits per heavy atom. The van der Waals surface area contributed by atoms with Crippen LogP contribution in [0.1, 0.15) is 310 Å². The molecule has 0 rings (SSSR count). The van der Waals surface area contributed by atoms with Gasteiger partial charge < -0.3 is 28.5 Å². The van der Waals surface area contributed by atoms with E-state index in [-0.39, 0.29) is 31.5 Å². The molecule has 0 aromatic carbocycles. The van der Waals surface area contributed by atoms with Gasteiger partial charge >= 0.3 is 5.97 Å². The SMILES string of the molecule is CCCCC/C=C\C/C=C\CCCCCCCCCCCCCCCC(=O)NC(COP(=O)([O-])OCC[N+](C)(C)C)C(/C=C\CCCCCCCCCCC)OC(=O)CCCCCCCCCCCCCCCC. The highest BCUT2D eigenvalue weighted by atomic mass is 31.2. The molecule has 0 saturated heterocycles. The van der Waals surface area contributed by atoms with Crippen molar-refractivity contribution in [3.05, 3.63) is 36.5 Å². The van der Waals surface area contributed by atoms with Gasteiger partial charge in [0.25, 0.3) is 7.82 Å². The minimum Gasteiger partial charge on any atom is -0.756 e. The first-order chi connectivity index (χ1) is 35.9. The molecule has 0 radical (unpaired) electrons. The van der Waals surface area contributed by atoms with Crippen LogP contribution in [0.2, 0.25) is 0 Å². The van der Waals surface area contributed by atoms with Crippen molar-refractivity contribution in [3.63, 3.8) is 0 Å². The Balaban J connectivity index is 5.09. The number of amides is 1. The number of carbonyl (C=O) groups is 2. The average molecular weight is 1060 g/mol. The molecule has 0 heterocycles. The number of phosphoric acid groups is 1. The second-order valence-corrected chi connectivity index (χ2v) is 24.3. The number of allylic oxidation sites excluding steroid dienone is 5. The Morgan fingerprint density at radius 1 is 0.473 bits per heavy atom. The highest BCUT2D eigenvalue weighted by Gasteiger charge is 2.27. The number of unbranched alkanes of at least 4 members (excludes halogenated alkanes) is 38. The zero-order valence-electron chi connectivity index (χ0n) is 49.8. The van der Waals surface area contributed by atoms with E-state index in [0.29, 0.717) is 17.4 Å². The molecule has 436 valence electrons. The van der Waals surface area contributed by atoms with E-state index in [1.807, 2.05) is 33.3 Å². The number of quaternary nitrogens is 1. The first-order valence-corrected chi connectivity index (χ1v) is 33.3. The Kier molecular flexibility index (Phi) is 53.3. The van der Waals surface area contributed by atoms with E-state index in [0.717, 1.165) is 64.2 Å². The van der Waals surface area contributed by atoms with Gasteiger partial charge in [-0.2, -0.15) is 0 Å². The number of esters is 1. The maximum Gasteiger partial charge on any atom is 0.306 e. The summed E-state index contributed by atoms with van der Waals surface area (Å²) in [6.45, 7) is 6.85. The topological polar surface area (TPSA) is 114 Å². The Morgan fingerprint density at radius 2 is 0.824 bits per heavy atom. The van der Waals surface area contributed by atoms with Gasteiger partial charge in [-0.05, 0) is 63.9 Å². The summed E-state index contributed by atoms with van der Waals surface area (Å²) in [5.74, 6) is -0.528. The molecular formula is C64H123N2O7P. The number of hydrogen-bond acceptors (Lipinski definition) is 7. The summed E-state index contributed by atoms with van der Waals surface area (Å²) in [5, 5.41) is 3.03. The molecular weight excluding hydrogens is 940 g/mol. The molecule has 0 aliphatic heterocycles. The molecule has 0 aliphatic rings. The number of phosphoric ester groups is 1. The maximum atomic E-state index is 13.5.